The van der Waals surface area contributed by atoms with E-state index in [0.29, 0.717) is 5.69 Å². The number of carbonyl (C=O) groups excluding carboxylic acids is 1. The van der Waals surface area contributed by atoms with Crippen LogP contribution in [0.2, 0.25) is 0 Å². The molecule has 0 aliphatic rings. The molecule has 0 spiro atoms. The van der Waals surface area contributed by atoms with Crippen molar-refractivity contribution in [1.82, 2.24) is 4.57 Å². The Bertz CT molecular complexity index is 727. The van der Waals surface area contributed by atoms with Gasteiger partial charge in [-0.1, -0.05) is 30.3 Å². The van der Waals surface area contributed by atoms with E-state index in [1.165, 1.54) is 17.7 Å². The number of pyridine rings is 1. The minimum absolute atomic E-state index is 0.00594. The predicted octanol–water partition coefficient (Wildman–Crippen LogP) is 1.56. The molecule has 100 valence electrons. The lowest BCUT2D eigenvalue weighted by Crippen LogP contribution is -2.28. The highest BCUT2D eigenvalue weighted by Gasteiger charge is 2.13. The number of carbonyl (C=O) groups is 1. The van der Waals surface area contributed by atoms with E-state index < -0.39 is 11.5 Å². The molecule has 5 nitrogen and oxygen atoms in total. The summed E-state index contributed by atoms with van der Waals surface area (Å²) in [5.74, 6) is -0.542. The molecule has 0 unspecified atom stereocenters. The SMILES string of the molecule is COC(=O)Cn1c(-c2ccccc2)ccc(C#N)c1=O. The Balaban J connectivity index is 2.63. The Morgan fingerprint density at radius 1 is 1.25 bits per heavy atom. The molecule has 0 saturated heterocycles. The minimum Gasteiger partial charge on any atom is -0.468 e. The van der Waals surface area contributed by atoms with Crippen molar-refractivity contribution in [3.63, 3.8) is 0 Å². The maximum atomic E-state index is 12.2. The van der Waals surface area contributed by atoms with Crippen molar-refractivity contribution < 1.29 is 9.53 Å². The molecule has 0 radical (unpaired) electrons. The molecule has 0 bridgehead atoms. The van der Waals surface area contributed by atoms with Gasteiger partial charge in [0.2, 0.25) is 0 Å². The van der Waals surface area contributed by atoms with Gasteiger partial charge in [-0.05, 0) is 17.7 Å². The van der Waals surface area contributed by atoms with Gasteiger partial charge in [0.1, 0.15) is 18.2 Å². The number of hydrogen-bond acceptors (Lipinski definition) is 4. The number of hydrogen-bond donors (Lipinski definition) is 0. The topological polar surface area (TPSA) is 72.1 Å². The Kier molecular flexibility index (Phi) is 3.96. The number of methoxy groups -OCH3 is 1. The van der Waals surface area contributed by atoms with E-state index in [4.69, 9.17) is 5.26 Å². The van der Waals surface area contributed by atoms with Crippen LogP contribution >= 0.6 is 0 Å². The molecule has 1 aromatic carbocycles. The molecule has 1 aromatic heterocycles. The summed E-state index contributed by atoms with van der Waals surface area (Å²) in [5.41, 5.74) is 0.853. The van der Waals surface area contributed by atoms with Crippen molar-refractivity contribution >= 4 is 5.97 Å². The fourth-order valence-corrected chi connectivity index (χ4v) is 1.88. The second-order valence-electron chi connectivity index (χ2n) is 4.08. The maximum absolute atomic E-state index is 12.2. The predicted molar refractivity (Wildman–Crippen MR) is 72.9 cm³/mol. The third-order valence-corrected chi connectivity index (χ3v) is 2.88. The molecule has 0 aliphatic heterocycles. The van der Waals surface area contributed by atoms with Gasteiger partial charge in [-0.15, -0.1) is 0 Å². The first kappa shape index (κ1) is 13.6. The Hall–Kier alpha value is -2.87. The second-order valence-corrected chi connectivity index (χ2v) is 4.08. The van der Waals surface area contributed by atoms with Crippen LogP contribution in [0.15, 0.2) is 47.3 Å². The molecular weight excluding hydrogens is 256 g/mol. The van der Waals surface area contributed by atoms with Crippen LogP contribution in [-0.2, 0) is 16.1 Å². The van der Waals surface area contributed by atoms with Crippen LogP contribution in [0.5, 0.6) is 0 Å². The molecule has 0 atom stereocenters. The molecule has 0 N–H and O–H groups in total. The summed E-state index contributed by atoms with van der Waals surface area (Å²) in [7, 11) is 1.25. The zero-order valence-corrected chi connectivity index (χ0v) is 10.9. The average molecular weight is 268 g/mol. The quantitative estimate of drug-likeness (QED) is 0.792. The number of esters is 1. The fraction of sp³-hybridized carbons (Fsp3) is 0.133. The summed E-state index contributed by atoms with van der Waals surface area (Å²) < 4.78 is 5.84. The highest BCUT2D eigenvalue weighted by atomic mass is 16.5. The largest absolute Gasteiger partial charge is 0.468 e. The van der Waals surface area contributed by atoms with E-state index in [0.717, 1.165) is 5.56 Å². The van der Waals surface area contributed by atoms with Crippen LogP contribution in [0.3, 0.4) is 0 Å². The molecule has 2 aromatic rings. The monoisotopic (exact) mass is 268 g/mol. The maximum Gasteiger partial charge on any atom is 0.325 e. The van der Waals surface area contributed by atoms with Crippen LogP contribution < -0.4 is 5.56 Å². The van der Waals surface area contributed by atoms with E-state index in [1.54, 1.807) is 6.07 Å². The van der Waals surface area contributed by atoms with Gasteiger partial charge >= 0.3 is 5.97 Å². The number of nitrogens with zero attached hydrogens (tertiary/aromatic N) is 2. The highest BCUT2D eigenvalue weighted by molar-refractivity contribution is 5.71. The zero-order valence-electron chi connectivity index (χ0n) is 10.9. The number of benzene rings is 1. The van der Waals surface area contributed by atoms with E-state index in [1.807, 2.05) is 36.4 Å². The lowest BCUT2D eigenvalue weighted by atomic mass is 10.1. The highest BCUT2D eigenvalue weighted by Crippen LogP contribution is 2.17. The minimum atomic E-state index is -0.542. The van der Waals surface area contributed by atoms with E-state index in [2.05, 4.69) is 4.74 Å². The smallest absolute Gasteiger partial charge is 0.325 e. The van der Waals surface area contributed by atoms with Crippen molar-refractivity contribution in [3.8, 4) is 17.3 Å². The van der Waals surface area contributed by atoms with Crippen molar-refractivity contribution in [1.29, 1.82) is 5.26 Å². The third kappa shape index (κ3) is 2.59. The van der Waals surface area contributed by atoms with E-state index >= 15 is 0 Å². The average Bonchev–Trinajstić information content (AvgIpc) is 2.50. The normalized spacial score (nSPS) is 9.80. The van der Waals surface area contributed by atoms with Crippen LogP contribution in [0.4, 0.5) is 0 Å². The molecule has 2 rings (SSSR count). The Labute approximate surface area is 115 Å². The van der Waals surface area contributed by atoms with Gasteiger partial charge in [-0.2, -0.15) is 5.26 Å². The Morgan fingerprint density at radius 3 is 2.55 bits per heavy atom. The molecule has 5 heteroatoms. The van der Waals surface area contributed by atoms with Crippen LogP contribution in [-0.4, -0.2) is 17.6 Å². The number of ether oxygens (including phenoxy) is 1. The Morgan fingerprint density at radius 2 is 1.95 bits per heavy atom. The first-order valence-corrected chi connectivity index (χ1v) is 5.93. The fourth-order valence-electron chi connectivity index (χ4n) is 1.88. The van der Waals surface area contributed by atoms with Crippen LogP contribution in [0.25, 0.3) is 11.3 Å². The van der Waals surface area contributed by atoms with E-state index in [-0.39, 0.29) is 12.1 Å². The number of aromatic nitrogens is 1. The lowest BCUT2D eigenvalue weighted by molar-refractivity contribution is -0.141. The van der Waals surface area contributed by atoms with Crippen molar-refractivity contribution in [2.45, 2.75) is 6.54 Å². The zero-order chi connectivity index (χ0) is 14.5. The van der Waals surface area contributed by atoms with E-state index in [9.17, 15) is 9.59 Å². The molecule has 0 aliphatic carbocycles. The van der Waals surface area contributed by atoms with Crippen LogP contribution in [0.1, 0.15) is 5.56 Å². The third-order valence-electron chi connectivity index (χ3n) is 2.88. The summed E-state index contributed by atoms with van der Waals surface area (Å²) in [6.45, 7) is -0.227. The van der Waals surface area contributed by atoms with Gasteiger partial charge in [0.15, 0.2) is 0 Å². The van der Waals surface area contributed by atoms with Gasteiger partial charge in [-0.25, -0.2) is 0 Å². The second kappa shape index (κ2) is 5.85. The summed E-state index contributed by atoms with van der Waals surface area (Å²) in [6, 6.07) is 14.1. The number of nitriles is 1. The van der Waals surface area contributed by atoms with Crippen molar-refractivity contribution in [2.24, 2.45) is 0 Å². The standard InChI is InChI=1S/C15H12N2O3/c1-20-14(18)10-17-13(11-5-3-2-4-6-11)8-7-12(9-16)15(17)19/h2-8H,10H2,1H3. The molecule has 1 heterocycles. The van der Waals surface area contributed by atoms with Crippen LogP contribution in [0, 0.1) is 11.3 Å². The number of rotatable bonds is 3. The first-order valence-electron chi connectivity index (χ1n) is 5.93. The molecule has 0 fully saturated rings. The van der Waals surface area contributed by atoms with Crippen molar-refractivity contribution in [2.75, 3.05) is 7.11 Å². The first-order chi connectivity index (χ1) is 9.67. The van der Waals surface area contributed by atoms with Gasteiger partial charge < -0.3 is 4.74 Å². The van der Waals surface area contributed by atoms with Crippen molar-refractivity contribution in [3.05, 3.63) is 58.4 Å². The summed E-state index contributed by atoms with van der Waals surface area (Å²) in [6.07, 6.45) is 0. The molecule has 0 saturated carbocycles. The molecular formula is C15H12N2O3. The summed E-state index contributed by atoms with van der Waals surface area (Å²) in [4.78, 5) is 23.6. The van der Waals surface area contributed by atoms with Gasteiger partial charge in [0.05, 0.1) is 12.8 Å². The molecule has 0 amide bonds. The summed E-state index contributed by atoms with van der Waals surface area (Å²) >= 11 is 0. The van der Waals surface area contributed by atoms with Gasteiger partial charge in [0, 0.05) is 0 Å². The lowest BCUT2D eigenvalue weighted by Gasteiger charge is -2.12. The molecule has 20 heavy (non-hydrogen) atoms. The van der Waals surface area contributed by atoms with Gasteiger partial charge in [0.25, 0.3) is 5.56 Å². The summed E-state index contributed by atoms with van der Waals surface area (Å²) in [5, 5.41) is 8.92. The van der Waals surface area contributed by atoms with Gasteiger partial charge in [-0.3, -0.25) is 14.2 Å².